The maximum atomic E-state index is 12.8. The largest absolute Gasteiger partial charge is 0.289 e. The molecular weight excluding hydrogens is 262 g/mol. The summed E-state index contributed by atoms with van der Waals surface area (Å²) < 4.78 is 0. The van der Waals surface area contributed by atoms with Crippen LogP contribution < -0.4 is 0 Å². The van der Waals surface area contributed by atoms with E-state index in [1.54, 1.807) is 36.5 Å². The lowest BCUT2D eigenvalue weighted by molar-refractivity contribution is 0.0980. The van der Waals surface area contributed by atoms with Crippen molar-refractivity contribution in [3.05, 3.63) is 76.5 Å². The first-order valence-electron chi connectivity index (χ1n) is 6.75. The van der Waals surface area contributed by atoms with Crippen LogP contribution in [0.1, 0.15) is 37.4 Å². The summed E-state index contributed by atoms with van der Waals surface area (Å²) in [7, 11) is 0. The molecule has 0 N–H and O–H groups in total. The van der Waals surface area contributed by atoms with Crippen molar-refractivity contribution in [2.24, 2.45) is 0 Å². The predicted molar refractivity (Wildman–Crippen MR) is 79.8 cm³/mol. The van der Waals surface area contributed by atoms with Crippen LogP contribution in [0.3, 0.4) is 0 Å². The Morgan fingerprint density at radius 1 is 0.857 bits per heavy atom. The smallest absolute Gasteiger partial charge is 0.196 e. The molecule has 21 heavy (non-hydrogen) atoms. The number of benzene rings is 2. The zero-order valence-electron chi connectivity index (χ0n) is 11.4. The van der Waals surface area contributed by atoms with Gasteiger partial charge in [-0.05, 0) is 24.6 Å². The van der Waals surface area contributed by atoms with Crippen molar-refractivity contribution in [3.8, 4) is 0 Å². The summed E-state index contributed by atoms with van der Waals surface area (Å²) in [5, 5.41) is 0.914. The number of nitrogens with zero attached hydrogens (tertiary/aromatic N) is 1. The number of fused-ring (bicyclic) bond motifs is 4. The predicted octanol–water partition coefficient (Wildman–Crippen LogP) is 3.32. The van der Waals surface area contributed by atoms with E-state index < -0.39 is 0 Å². The molecule has 0 fully saturated rings. The molecule has 3 nitrogen and oxygen atoms in total. The van der Waals surface area contributed by atoms with E-state index >= 15 is 0 Å². The average Bonchev–Trinajstić information content (AvgIpc) is 2.53. The average molecular weight is 273 g/mol. The number of ketones is 2. The van der Waals surface area contributed by atoms with Crippen LogP contribution in [-0.2, 0) is 0 Å². The Balaban J connectivity index is 2.17. The monoisotopic (exact) mass is 273 g/mol. The highest BCUT2D eigenvalue weighted by Crippen LogP contribution is 2.33. The molecule has 0 atom stereocenters. The fourth-order valence-electron chi connectivity index (χ4n) is 2.98. The molecule has 1 aliphatic rings. The highest BCUT2D eigenvalue weighted by atomic mass is 16.1. The van der Waals surface area contributed by atoms with E-state index in [-0.39, 0.29) is 11.6 Å². The summed E-state index contributed by atoms with van der Waals surface area (Å²) in [5.74, 6) is -0.222. The lowest BCUT2D eigenvalue weighted by Gasteiger charge is -2.19. The Bertz CT molecular complexity index is 941. The lowest BCUT2D eigenvalue weighted by atomic mass is 9.82. The van der Waals surface area contributed by atoms with Gasteiger partial charge in [0.15, 0.2) is 11.6 Å². The van der Waals surface area contributed by atoms with Gasteiger partial charge in [-0.3, -0.25) is 14.6 Å². The lowest BCUT2D eigenvalue weighted by Crippen LogP contribution is -2.21. The van der Waals surface area contributed by atoms with Gasteiger partial charge in [-0.15, -0.1) is 0 Å². The fourth-order valence-corrected chi connectivity index (χ4v) is 2.98. The number of carbonyl (C=O) groups excluding carboxylic acids is 2. The Morgan fingerprint density at radius 2 is 1.57 bits per heavy atom. The number of aryl methyl sites for hydroxylation is 1. The maximum Gasteiger partial charge on any atom is 0.196 e. The topological polar surface area (TPSA) is 47.0 Å². The van der Waals surface area contributed by atoms with Crippen LogP contribution in [0.25, 0.3) is 10.9 Å². The standard InChI is InChI=1S/C18H11NO2/c1-10-9-14-15(16-11(10)7-4-8-19-16)18(21)13-6-3-2-5-12(13)17(14)20/h2-9H,1H3. The highest BCUT2D eigenvalue weighted by molar-refractivity contribution is 6.31. The van der Waals surface area contributed by atoms with Crippen molar-refractivity contribution >= 4 is 22.5 Å². The van der Waals surface area contributed by atoms with E-state index in [9.17, 15) is 9.59 Å². The van der Waals surface area contributed by atoms with Crippen molar-refractivity contribution < 1.29 is 9.59 Å². The Kier molecular flexibility index (Phi) is 2.33. The van der Waals surface area contributed by atoms with Gasteiger partial charge in [-0.2, -0.15) is 0 Å². The molecule has 2 aromatic carbocycles. The molecule has 1 heterocycles. The Hall–Kier alpha value is -2.81. The van der Waals surface area contributed by atoms with Gasteiger partial charge in [-0.1, -0.05) is 30.3 Å². The third kappa shape index (κ3) is 1.51. The van der Waals surface area contributed by atoms with Crippen LogP contribution in [0.15, 0.2) is 48.7 Å². The summed E-state index contributed by atoms with van der Waals surface area (Å²) in [5.41, 5.74) is 3.40. The molecule has 0 spiro atoms. The molecule has 3 aromatic rings. The molecule has 100 valence electrons. The van der Waals surface area contributed by atoms with Gasteiger partial charge in [0.25, 0.3) is 0 Å². The molecular formula is C18H11NO2. The second-order valence-corrected chi connectivity index (χ2v) is 5.22. The normalized spacial score (nSPS) is 13.2. The number of aromatic nitrogens is 1. The quantitative estimate of drug-likeness (QED) is 0.494. The minimum atomic E-state index is -0.121. The molecule has 0 amide bonds. The van der Waals surface area contributed by atoms with E-state index in [1.807, 2.05) is 19.1 Å². The van der Waals surface area contributed by atoms with Gasteiger partial charge in [0.2, 0.25) is 0 Å². The first-order valence-corrected chi connectivity index (χ1v) is 6.75. The second kappa shape index (κ2) is 4.09. The van der Waals surface area contributed by atoms with Crippen LogP contribution >= 0.6 is 0 Å². The number of rotatable bonds is 0. The fraction of sp³-hybridized carbons (Fsp3) is 0.0556. The number of pyridine rings is 1. The van der Waals surface area contributed by atoms with Crippen molar-refractivity contribution in [2.75, 3.05) is 0 Å². The van der Waals surface area contributed by atoms with Crippen LogP contribution in [0.2, 0.25) is 0 Å². The van der Waals surface area contributed by atoms with E-state index in [2.05, 4.69) is 4.98 Å². The van der Waals surface area contributed by atoms with Crippen LogP contribution in [0, 0.1) is 6.92 Å². The number of hydrogen-bond acceptors (Lipinski definition) is 3. The first-order chi connectivity index (χ1) is 10.2. The number of carbonyl (C=O) groups is 2. The van der Waals surface area contributed by atoms with Crippen LogP contribution in [-0.4, -0.2) is 16.6 Å². The molecule has 0 saturated heterocycles. The molecule has 3 heteroatoms. The third-order valence-electron chi connectivity index (χ3n) is 3.99. The minimum Gasteiger partial charge on any atom is -0.289 e. The maximum absolute atomic E-state index is 12.8. The van der Waals surface area contributed by atoms with Gasteiger partial charge in [0, 0.05) is 28.3 Å². The summed E-state index contributed by atoms with van der Waals surface area (Å²) in [6.45, 7) is 1.93. The Labute approximate surface area is 121 Å². The molecule has 0 aliphatic heterocycles. The van der Waals surface area contributed by atoms with Crippen molar-refractivity contribution in [2.45, 2.75) is 6.92 Å². The zero-order valence-corrected chi connectivity index (χ0v) is 11.4. The van der Waals surface area contributed by atoms with Gasteiger partial charge < -0.3 is 0 Å². The highest BCUT2D eigenvalue weighted by Gasteiger charge is 2.31. The SMILES string of the molecule is Cc1cc2c(c3ncccc13)C(=O)c1ccccc1C2=O. The summed E-state index contributed by atoms with van der Waals surface area (Å²) in [6.07, 6.45) is 1.65. The van der Waals surface area contributed by atoms with E-state index in [0.29, 0.717) is 27.8 Å². The number of hydrogen-bond donors (Lipinski definition) is 0. The van der Waals surface area contributed by atoms with Crippen molar-refractivity contribution in [3.63, 3.8) is 0 Å². The van der Waals surface area contributed by atoms with E-state index in [0.717, 1.165) is 10.9 Å². The van der Waals surface area contributed by atoms with Crippen LogP contribution in [0.4, 0.5) is 0 Å². The zero-order chi connectivity index (χ0) is 14.6. The van der Waals surface area contributed by atoms with Crippen LogP contribution in [0.5, 0.6) is 0 Å². The summed E-state index contributed by atoms with van der Waals surface area (Å²) in [4.78, 5) is 29.8. The van der Waals surface area contributed by atoms with Gasteiger partial charge >= 0.3 is 0 Å². The van der Waals surface area contributed by atoms with Gasteiger partial charge in [0.05, 0.1) is 11.1 Å². The minimum absolute atomic E-state index is 0.101. The Morgan fingerprint density at radius 3 is 2.33 bits per heavy atom. The van der Waals surface area contributed by atoms with Gasteiger partial charge in [0.1, 0.15) is 0 Å². The van der Waals surface area contributed by atoms with E-state index in [1.165, 1.54) is 0 Å². The molecule has 1 aromatic heterocycles. The molecule has 0 bridgehead atoms. The molecule has 0 unspecified atom stereocenters. The van der Waals surface area contributed by atoms with Gasteiger partial charge in [-0.25, -0.2) is 0 Å². The van der Waals surface area contributed by atoms with Crippen molar-refractivity contribution in [1.82, 2.24) is 4.98 Å². The second-order valence-electron chi connectivity index (χ2n) is 5.22. The third-order valence-corrected chi connectivity index (χ3v) is 3.99. The van der Waals surface area contributed by atoms with E-state index in [4.69, 9.17) is 0 Å². The molecule has 1 aliphatic carbocycles. The molecule has 0 saturated carbocycles. The van der Waals surface area contributed by atoms with Crippen molar-refractivity contribution in [1.29, 1.82) is 0 Å². The summed E-state index contributed by atoms with van der Waals surface area (Å²) in [6, 6.07) is 12.5. The molecule has 0 radical (unpaired) electrons. The molecule has 4 rings (SSSR count). The summed E-state index contributed by atoms with van der Waals surface area (Å²) >= 11 is 0. The first kappa shape index (κ1) is 12.0.